The summed E-state index contributed by atoms with van der Waals surface area (Å²) in [6, 6.07) is 11.9. The van der Waals surface area contributed by atoms with Crippen LogP contribution in [0.15, 0.2) is 47.6 Å². The zero-order valence-corrected chi connectivity index (χ0v) is 13.9. The number of hydrogen-bond donors (Lipinski definition) is 2. The molecular formula is C16H15Cl2N3O2. The fourth-order valence-corrected chi connectivity index (χ4v) is 2.17. The van der Waals surface area contributed by atoms with Crippen molar-refractivity contribution >= 4 is 40.5 Å². The quantitative estimate of drug-likeness (QED) is 0.491. The highest BCUT2D eigenvalue weighted by Gasteiger charge is 2.06. The van der Waals surface area contributed by atoms with Gasteiger partial charge in [0.05, 0.1) is 10.7 Å². The molecule has 0 aliphatic carbocycles. The number of amides is 1. The third-order valence-corrected chi connectivity index (χ3v) is 3.46. The minimum absolute atomic E-state index is 0.208. The van der Waals surface area contributed by atoms with E-state index in [1.54, 1.807) is 37.3 Å². The highest BCUT2D eigenvalue weighted by molar-refractivity contribution is 6.35. The van der Waals surface area contributed by atoms with E-state index in [2.05, 4.69) is 10.5 Å². The van der Waals surface area contributed by atoms with Crippen LogP contribution in [0.1, 0.15) is 12.5 Å². The molecule has 2 rings (SSSR count). The lowest BCUT2D eigenvalue weighted by molar-refractivity contribution is -0.123. The molecule has 0 aromatic heterocycles. The first-order chi connectivity index (χ1) is 11.0. The Morgan fingerprint density at radius 3 is 2.57 bits per heavy atom. The topological polar surface area (TPSA) is 76.7 Å². The van der Waals surface area contributed by atoms with Gasteiger partial charge >= 0.3 is 0 Å². The predicted octanol–water partition coefficient (Wildman–Crippen LogP) is 3.49. The highest BCUT2D eigenvalue weighted by Crippen LogP contribution is 2.27. The number of nitrogens with zero attached hydrogens (tertiary/aromatic N) is 1. The Balaban J connectivity index is 1.89. The van der Waals surface area contributed by atoms with Gasteiger partial charge in [0.1, 0.15) is 5.75 Å². The van der Waals surface area contributed by atoms with Crippen LogP contribution < -0.4 is 15.9 Å². The van der Waals surface area contributed by atoms with Crippen LogP contribution in [0.3, 0.4) is 0 Å². The maximum atomic E-state index is 11.8. The number of carbonyl (C=O) groups is 1. The molecule has 2 aromatic rings. The maximum absolute atomic E-state index is 11.8. The van der Waals surface area contributed by atoms with Crippen molar-refractivity contribution in [3.63, 3.8) is 0 Å². The summed E-state index contributed by atoms with van der Waals surface area (Å²) in [6.07, 6.45) is 0. The normalized spacial score (nSPS) is 11.2. The second kappa shape index (κ2) is 7.85. The first-order valence-corrected chi connectivity index (χ1v) is 7.48. The minimum atomic E-state index is -0.397. The van der Waals surface area contributed by atoms with Crippen LogP contribution >= 0.6 is 23.2 Å². The second-order valence-electron chi connectivity index (χ2n) is 4.72. The molecule has 0 saturated heterocycles. The molecule has 0 aliphatic rings. The Kier molecular flexibility index (Phi) is 5.84. The molecule has 0 atom stereocenters. The van der Waals surface area contributed by atoms with Gasteiger partial charge in [0, 0.05) is 10.7 Å². The molecule has 23 heavy (non-hydrogen) atoms. The molecule has 3 N–H and O–H groups in total. The monoisotopic (exact) mass is 351 g/mol. The number of halogens is 2. The number of rotatable bonds is 5. The zero-order chi connectivity index (χ0) is 16.8. The summed E-state index contributed by atoms with van der Waals surface area (Å²) < 4.78 is 5.32. The Morgan fingerprint density at radius 2 is 1.91 bits per heavy atom. The van der Waals surface area contributed by atoms with Gasteiger partial charge < -0.3 is 10.5 Å². The number of nitrogens with two attached hydrogens (primary N) is 1. The van der Waals surface area contributed by atoms with Crippen molar-refractivity contribution in [1.29, 1.82) is 0 Å². The number of nitrogen functional groups attached to an aromatic ring is 1. The number of benzene rings is 2. The van der Waals surface area contributed by atoms with Crippen molar-refractivity contribution < 1.29 is 9.53 Å². The van der Waals surface area contributed by atoms with Crippen molar-refractivity contribution in [3.8, 4) is 5.75 Å². The van der Waals surface area contributed by atoms with E-state index in [1.807, 2.05) is 12.1 Å². The lowest BCUT2D eigenvalue weighted by Gasteiger charge is -2.07. The third-order valence-electron chi connectivity index (χ3n) is 2.93. The smallest absolute Gasteiger partial charge is 0.277 e. The molecule has 0 fully saturated rings. The molecule has 7 heteroatoms. The summed E-state index contributed by atoms with van der Waals surface area (Å²) in [4.78, 5) is 11.8. The third kappa shape index (κ3) is 5.16. The SMILES string of the molecule is C/C(=N\NC(=O)COc1ccc(Cl)cc1Cl)c1ccc(N)cc1. The van der Waals surface area contributed by atoms with Crippen molar-refractivity contribution in [2.45, 2.75) is 6.92 Å². The van der Waals surface area contributed by atoms with E-state index >= 15 is 0 Å². The molecule has 0 spiro atoms. The lowest BCUT2D eigenvalue weighted by Crippen LogP contribution is -2.25. The van der Waals surface area contributed by atoms with Crippen LogP contribution in [0.25, 0.3) is 0 Å². The van der Waals surface area contributed by atoms with Crippen molar-refractivity contribution in [1.82, 2.24) is 5.43 Å². The van der Waals surface area contributed by atoms with E-state index in [-0.39, 0.29) is 6.61 Å². The van der Waals surface area contributed by atoms with E-state index in [4.69, 9.17) is 33.7 Å². The zero-order valence-electron chi connectivity index (χ0n) is 12.3. The molecule has 1 amide bonds. The van der Waals surface area contributed by atoms with Crippen LogP contribution in [-0.4, -0.2) is 18.2 Å². The first kappa shape index (κ1) is 17.1. The summed E-state index contributed by atoms with van der Waals surface area (Å²) in [6.45, 7) is 1.57. The number of nitrogens with one attached hydrogen (secondary N) is 1. The first-order valence-electron chi connectivity index (χ1n) is 6.72. The second-order valence-corrected chi connectivity index (χ2v) is 5.56. The van der Waals surface area contributed by atoms with E-state index in [0.29, 0.717) is 27.2 Å². The summed E-state index contributed by atoms with van der Waals surface area (Å²) in [5.41, 5.74) is 10.2. The Labute approximate surface area is 144 Å². The Bertz CT molecular complexity index is 731. The van der Waals surface area contributed by atoms with Gasteiger partial charge in [-0.2, -0.15) is 5.10 Å². The molecule has 0 radical (unpaired) electrons. The lowest BCUT2D eigenvalue weighted by atomic mass is 10.1. The van der Waals surface area contributed by atoms with E-state index in [0.717, 1.165) is 5.56 Å². The fraction of sp³-hybridized carbons (Fsp3) is 0.125. The fourth-order valence-electron chi connectivity index (χ4n) is 1.70. The van der Waals surface area contributed by atoms with Crippen molar-refractivity contribution in [2.24, 2.45) is 5.10 Å². The molecule has 0 heterocycles. The van der Waals surface area contributed by atoms with E-state index in [9.17, 15) is 4.79 Å². The highest BCUT2D eigenvalue weighted by atomic mass is 35.5. The van der Waals surface area contributed by atoms with Gasteiger partial charge in [0.15, 0.2) is 6.61 Å². The average molecular weight is 352 g/mol. The van der Waals surface area contributed by atoms with Crippen molar-refractivity contribution in [3.05, 3.63) is 58.1 Å². The van der Waals surface area contributed by atoms with Gasteiger partial charge in [0.25, 0.3) is 5.91 Å². The molecule has 2 aromatic carbocycles. The predicted molar refractivity (Wildman–Crippen MR) is 93.2 cm³/mol. The Hall–Kier alpha value is -2.24. The number of ether oxygens (including phenoxy) is 1. The van der Waals surface area contributed by atoms with Gasteiger partial charge in [-0.3, -0.25) is 4.79 Å². The summed E-state index contributed by atoms with van der Waals surface area (Å²) in [5.74, 6) is -0.0173. The molecule has 0 aliphatic heterocycles. The van der Waals surface area contributed by atoms with Crippen LogP contribution in [0, 0.1) is 0 Å². The van der Waals surface area contributed by atoms with Crippen LogP contribution in [-0.2, 0) is 4.79 Å². The standard InChI is InChI=1S/C16H15Cl2N3O2/c1-10(11-2-5-13(19)6-3-11)20-21-16(22)9-23-15-7-4-12(17)8-14(15)18/h2-8H,9,19H2,1H3,(H,21,22)/b20-10+. The summed E-state index contributed by atoms with van der Waals surface area (Å²) in [5, 5.41) is 4.85. The average Bonchev–Trinajstić information content (AvgIpc) is 2.52. The molecular weight excluding hydrogens is 337 g/mol. The number of hydrogen-bond acceptors (Lipinski definition) is 4. The number of carbonyl (C=O) groups excluding carboxylic acids is 1. The largest absolute Gasteiger partial charge is 0.482 e. The van der Waals surface area contributed by atoms with Gasteiger partial charge in [-0.1, -0.05) is 35.3 Å². The number of anilines is 1. The van der Waals surface area contributed by atoms with E-state index < -0.39 is 5.91 Å². The molecule has 120 valence electrons. The molecule has 0 saturated carbocycles. The maximum Gasteiger partial charge on any atom is 0.277 e. The van der Waals surface area contributed by atoms with Gasteiger partial charge in [-0.25, -0.2) is 5.43 Å². The molecule has 0 bridgehead atoms. The van der Waals surface area contributed by atoms with Crippen LogP contribution in [0.2, 0.25) is 10.0 Å². The van der Waals surface area contributed by atoms with Gasteiger partial charge in [-0.15, -0.1) is 0 Å². The van der Waals surface area contributed by atoms with Gasteiger partial charge in [0.2, 0.25) is 0 Å². The van der Waals surface area contributed by atoms with E-state index in [1.165, 1.54) is 0 Å². The Morgan fingerprint density at radius 1 is 1.22 bits per heavy atom. The number of hydrazone groups is 1. The van der Waals surface area contributed by atoms with Crippen LogP contribution in [0.4, 0.5) is 5.69 Å². The summed E-state index contributed by atoms with van der Waals surface area (Å²) >= 11 is 11.7. The summed E-state index contributed by atoms with van der Waals surface area (Å²) in [7, 11) is 0. The molecule has 0 unspecified atom stereocenters. The van der Waals surface area contributed by atoms with Crippen molar-refractivity contribution in [2.75, 3.05) is 12.3 Å². The van der Waals surface area contributed by atoms with Gasteiger partial charge in [-0.05, 0) is 42.8 Å². The molecule has 5 nitrogen and oxygen atoms in total. The minimum Gasteiger partial charge on any atom is -0.482 e. The van der Waals surface area contributed by atoms with Crippen LogP contribution in [0.5, 0.6) is 5.75 Å².